The Bertz CT molecular complexity index is 1040. The molecule has 0 unspecified atom stereocenters. The van der Waals surface area contributed by atoms with E-state index < -0.39 is 5.97 Å². The van der Waals surface area contributed by atoms with Crippen molar-refractivity contribution in [1.82, 2.24) is 0 Å². The molecule has 0 fully saturated rings. The first kappa shape index (κ1) is 21.9. The minimum atomic E-state index is -0.535. The number of phenols is 2. The smallest absolute Gasteiger partial charge is 0.343 e. The lowest BCUT2D eigenvalue weighted by molar-refractivity contribution is 0.0734. The number of hydrogen-bond donors (Lipinski definition) is 2. The summed E-state index contributed by atoms with van der Waals surface area (Å²) in [6, 6.07) is 17.9. The van der Waals surface area contributed by atoms with Crippen molar-refractivity contribution in [3.63, 3.8) is 0 Å². The van der Waals surface area contributed by atoms with Gasteiger partial charge in [-0.15, -0.1) is 0 Å². The Labute approximate surface area is 181 Å². The second-order valence-electron chi connectivity index (χ2n) is 6.94. The average Bonchev–Trinajstić information content (AvgIpc) is 2.77. The van der Waals surface area contributed by atoms with E-state index in [9.17, 15) is 15.0 Å². The van der Waals surface area contributed by atoms with E-state index in [1.54, 1.807) is 54.6 Å². The number of carbonyl (C=O) groups is 1. The second-order valence-corrected chi connectivity index (χ2v) is 6.94. The molecule has 0 aliphatic rings. The zero-order valence-electron chi connectivity index (χ0n) is 17.3. The van der Waals surface area contributed by atoms with Crippen LogP contribution in [0.1, 0.15) is 42.1 Å². The number of aromatic hydroxyl groups is 2. The molecule has 3 aromatic carbocycles. The van der Waals surface area contributed by atoms with Gasteiger partial charge in [0.15, 0.2) is 0 Å². The van der Waals surface area contributed by atoms with E-state index in [1.807, 2.05) is 0 Å². The third-order valence-electron chi connectivity index (χ3n) is 4.54. The van der Waals surface area contributed by atoms with Gasteiger partial charge in [0.2, 0.25) is 0 Å². The highest BCUT2D eigenvalue weighted by atomic mass is 16.5. The Balaban J connectivity index is 1.60. The molecule has 0 saturated heterocycles. The minimum Gasteiger partial charge on any atom is -0.507 e. The van der Waals surface area contributed by atoms with Crippen LogP contribution in [0.2, 0.25) is 0 Å². The first-order valence-electron chi connectivity index (χ1n) is 10.2. The van der Waals surface area contributed by atoms with Gasteiger partial charge in [0.05, 0.1) is 12.2 Å². The Kier molecular flexibility index (Phi) is 7.65. The number of unbranched alkanes of at least 4 members (excludes halogenated alkanes) is 2. The summed E-state index contributed by atoms with van der Waals surface area (Å²) in [5.74, 6) is 0.328. The highest BCUT2D eigenvalue weighted by molar-refractivity contribution is 5.91. The number of para-hydroxylation sites is 2. The molecule has 0 aliphatic heterocycles. The topological polar surface area (TPSA) is 88.4 Å². The molecule has 31 heavy (non-hydrogen) atoms. The molecular formula is C25H25NO5. The highest BCUT2D eigenvalue weighted by Gasteiger charge is 2.10. The fourth-order valence-electron chi connectivity index (χ4n) is 2.80. The first-order chi connectivity index (χ1) is 15.1. The van der Waals surface area contributed by atoms with Crippen LogP contribution in [-0.4, -0.2) is 29.0 Å². The minimum absolute atomic E-state index is 0.0427. The third-order valence-corrected chi connectivity index (χ3v) is 4.54. The van der Waals surface area contributed by atoms with E-state index in [2.05, 4.69) is 11.9 Å². The molecule has 0 atom stereocenters. The van der Waals surface area contributed by atoms with Gasteiger partial charge in [0, 0.05) is 17.8 Å². The standard InChI is InChI=1S/C25H25NO5/c1-2-3-6-15-30-20-12-9-18(10-13-20)25(29)31-21-14-11-19(24(28)16-21)17-26-22-7-4-5-8-23(22)27/h4-5,7-14,16-17,27-28H,2-3,6,15H2,1H3. The number of rotatable bonds is 9. The van der Waals surface area contributed by atoms with Crippen LogP contribution in [0, 0.1) is 0 Å². The van der Waals surface area contributed by atoms with Crippen molar-refractivity contribution < 1.29 is 24.5 Å². The number of ether oxygens (including phenoxy) is 2. The molecule has 6 nitrogen and oxygen atoms in total. The van der Waals surface area contributed by atoms with Crippen LogP contribution in [0.15, 0.2) is 71.7 Å². The fraction of sp³-hybridized carbons (Fsp3) is 0.200. The van der Waals surface area contributed by atoms with Crippen LogP contribution in [-0.2, 0) is 0 Å². The molecule has 0 amide bonds. The van der Waals surface area contributed by atoms with E-state index in [-0.39, 0.29) is 17.2 Å². The molecule has 0 aromatic heterocycles. The van der Waals surface area contributed by atoms with Crippen molar-refractivity contribution in [2.75, 3.05) is 6.61 Å². The van der Waals surface area contributed by atoms with E-state index >= 15 is 0 Å². The number of nitrogens with zero attached hydrogens (tertiary/aromatic N) is 1. The van der Waals surface area contributed by atoms with E-state index in [0.29, 0.717) is 29.2 Å². The molecule has 0 bridgehead atoms. The van der Waals surface area contributed by atoms with Gasteiger partial charge in [-0.1, -0.05) is 31.9 Å². The van der Waals surface area contributed by atoms with E-state index in [0.717, 1.165) is 19.3 Å². The molecule has 0 heterocycles. The summed E-state index contributed by atoms with van der Waals surface area (Å²) in [6.07, 6.45) is 4.68. The van der Waals surface area contributed by atoms with Crippen molar-refractivity contribution in [2.24, 2.45) is 4.99 Å². The summed E-state index contributed by atoms with van der Waals surface area (Å²) >= 11 is 0. The Morgan fingerprint density at radius 3 is 2.39 bits per heavy atom. The zero-order valence-corrected chi connectivity index (χ0v) is 17.3. The highest BCUT2D eigenvalue weighted by Crippen LogP contribution is 2.27. The summed E-state index contributed by atoms with van der Waals surface area (Å²) < 4.78 is 11.0. The van der Waals surface area contributed by atoms with Crippen LogP contribution in [0.5, 0.6) is 23.0 Å². The monoisotopic (exact) mass is 419 g/mol. The number of hydrogen-bond acceptors (Lipinski definition) is 6. The summed E-state index contributed by atoms with van der Waals surface area (Å²) in [5, 5.41) is 20.0. The van der Waals surface area contributed by atoms with Crippen LogP contribution in [0.25, 0.3) is 0 Å². The van der Waals surface area contributed by atoms with Crippen molar-refractivity contribution in [1.29, 1.82) is 0 Å². The second kappa shape index (κ2) is 10.8. The van der Waals surface area contributed by atoms with Crippen molar-refractivity contribution in [2.45, 2.75) is 26.2 Å². The third kappa shape index (κ3) is 6.34. The Morgan fingerprint density at radius 2 is 1.68 bits per heavy atom. The van der Waals surface area contributed by atoms with Gasteiger partial charge in [0.1, 0.15) is 28.7 Å². The van der Waals surface area contributed by atoms with Gasteiger partial charge in [-0.3, -0.25) is 4.99 Å². The molecule has 3 aromatic rings. The maximum absolute atomic E-state index is 12.4. The van der Waals surface area contributed by atoms with Gasteiger partial charge in [0.25, 0.3) is 0 Å². The molecule has 0 aliphatic carbocycles. The number of esters is 1. The maximum Gasteiger partial charge on any atom is 0.343 e. The number of benzene rings is 3. The molecule has 160 valence electrons. The van der Waals surface area contributed by atoms with E-state index in [1.165, 1.54) is 18.3 Å². The lowest BCUT2D eigenvalue weighted by Gasteiger charge is -2.08. The van der Waals surface area contributed by atoms with Crippen molar-refractivity contribution in [3.05, 3.63) is 77.9 Å². The normalized spacial score (nSPS) is 10.9. The van der Waals surface area contributed by atoms with Crippen molar-refractivity contribution in [3.8, 4) is 23.0 Å². The number of carbonyl (C=O) groups excluding carboxylic acids is 1. The van der Waals surface area contributed by atoms with Crippen molar-refractivity contribution >= 4 is 17.9 Å². The average molecular weight is 419 g/mol. The van der Waals surface area contributed by atoms with Gasteiger partial charge >= 0.3 is 5.97 Å². The number of aliphatic imine (C=N–C) groups is 1. The molecule has 0 saturated carbocycles. The van der Waals surface area contributed by atoms with E-state index in [4.69, 9.17) is 9.47 Å². The van der Waals surface area contributed by atoms with Crippen LogP contribution in [0.3, 0.4) is 0 Å². The predicted octanol–water partition coefficient (Wildman–Crippen LogP) is 5.64. The first-order valence-corrected chi connectivity index (χ1v) is 10.2. The predicted molar refractivity (Wildman–Crippen MR) is 120 cm³/mol. The zero-order chi connectivity index (χ0) is 22.1. The lowest BCUT2D eigenvalue weighted by Crippen LogP contribution is -2.08. The molecular weight excluding hydrogens is 394 g/mol. The van der Waals surface area contributed by atoms with Gasteiger partial charge in [-0.2, -0.15) is 0 Å². The molecule has 0 spiro atoms. The van der Waals surface area contributed by atoms with Gasteiger partial charge in [-0.05, 0) is 55.0 Å². The van der Waals surface area contributed by atoms with Crippen LogP contribution < -0.4 is 9.47 Å². The Hall–Kier alpha value is -3.80. The molecule has 3 rings (SSSR count). The largest absolute Gasteiger partial charge is 0.507 e. The molecule has 0 radical (unpaired) electrons. The molecule has 6 heteroatoms. The van der Waals surface area contributed by atoms with Gasteiger partial charge < -0.3 is 19.7 Å². The summed E-state index contributed by atoms with van der Waals surface area (Å²) in [7, 11) is 0. The summed E-state index contributed by atoms with van der Waals surface area (Å²) in [6.45, 7) is 2.79. The number of phenolic OH excluding ortho intramolecular Hbond substituents is 2. The maximum atomic E-state index is 12.4. The summed E-state index contributed by atoms with van der Waals surface area (Å²) in [4.78, 5) is 16.5. The van der Waals surface area contributed by atoms with Crippen LogP contribution in [0.4, 0.5) is 5.69 Å². The van der Waals surface area contributed by atoms with Gasteiger partial charge in [-0.25, -0.2) is 4.79 Å². The fourth-order valence-corrected chi connectivity index (χ4v) is 2.80. The lowest BCUT2D eigenvalue weighted by atomic mass is 10.2. The SMILES string of the molecule is CCCCCOc1ccc(C(=O)Oc2ccc(C=Nc3ccccc3O)c(O)c2)cc1. The summed E-state index contributed by atoms with van der Waals surface area (Å²) in [5.41, 5.74) is 1.19. The van der Waals surface area contributed by atoms with Crippen LogP contribution >= 0.6 is 0 Å². The molecule has 2 N–H and O–H groups in total. The Morgan fingerprint density at radius 1 is 0.935 bits per heavy atom. The quantitative estimate of drug-likeness (QED) is 0.203.